The SMILES string of the molecule is CCCCCCCCCCCCCCCc1cc[nH]c1. The van der Waals surface area contributed by atoms with Crippen molar-refractivity contribution >= 4 is 0 Å². The first-order valence-corrected chi connectivity index (χ1v) is 9.05. The van der Waals surface area contributed by atoms with Gasteiger partial charge in [-0.1, -0.05) is 84.0 Å². The molecule has 0 fully saturated rings. The van der Waals surface area contributed by atoms with Gasteiger partial charge in [0.15, 0.2) is 0 Å². The number of hydrogen-bond acceptors (Lipinski definition) is 0. The van der Waals surface area contributed by atoms with Gasteiger partial charge in [-0.15, -0.1) is 0 Å². The van der Waals surface area contributed by atoms with E-state index in [2.05, 4.69) is 24.2 Å². The van der Waals surface area contributed by atoms with Gasteiger partial charge in [-0.05, 0) is 24.5 Å². The Labute approximate surface area is 126 Å². The third-order valence-corrected chi connectivity index (χ3v) is 4.23. The molecule has 0 aliphatic rings. The lowest BCUT2D eigenvalue weighted by Gasteiger charge is -2.03. The number of H-pyrrole nitrogens is 1. The highest BCUT2D eigenvalue weighted by molar-refractivity contribution is 5.07. The van der Waals surface area contributed by atoms with E-state index in [1.807, 2.05) is 6.20 Å². The fourth-order valence-electron chi connectivity index (χ4n) is 2.86. The van der Waals surface area contributed by atoms with Crippen molar-refractivity contribution in [2.45, 2.75) is 96.8 Å². The molecule has 0 aliphatic heterocycles. The van der Waals surface area contributed by atoms with Crippen LogP contribution in [0.25, 0.3) is 0 Å². The largest absolute Gasteiger partial charge is 0.367 e. The molecule has 1 N–H and O–H groups in total. The molecule has 0 bridgehead atoms. The van der Waals surface area contributed by atoms with E-state index in [9.17, 15) is 0 Å². The zero-order chi connectivity index (χ0) is 14.3. The number of nitrogens with one attached hydrogen (secondary N) is 1. The van der Waals surface area contributed by atoms with Crippen LogP contribution in [0, 0.1) is 0 Å². The lowest BCUT2D eigenvalue weighted by molar-refractivity contribution is 0.539. The van der Waals surface area contributed by atoms with Crippen molar-refractivity contribution in [1.82, 2.24) is 4.98 Å². The zero-order valence-electron chi connectivity index (χ0n) is 13.6. The average Bonchev–Trinajstić information content (AvgIpc) is 2.97. The molecule has 1 heterocycles. The highest BCUT2D eigenvalue weighted by Crippen LogP contribution is 2.13. The minimum atomic E-state index is 1.25. The fourth-order valence-corrected chi connectivity index (χ4v) is 2.86. The summed E-state index contributed by atoms with van der Waals surface area (Å²) < 4.78 is 0. The van der Waals surface area contributed by atoms with E-state index in [4.69, 9.17) is 0 Å². The number of hydrogen-bond donors (Lipinski definition) is 1. The Bertz CT molecular complexity index is 276. The van der Waals surface area contributed by atoms with E-state index in [1.54, 1.807) is 0 Å². The standard InChI is InChI=1S/C19H35N/c1-2-3-4-5-6-7-8-9-10-11-12-13-14-15-19-16-17-20-18-19/h16-18,20H,2-15H2,1H3. The number of aryl methyl sites for hydroxylation is 1. The summed E-state index contributed by atoms with van der Waals surface area (Å²) in [6.45, 7) is 2.29. The number of rotatable bonds is 14. The van der Waals surface area contributed by atoms with Crippen molar-refractivity contribution in [1.29, 1.82) is 0 Å². The zero-order valence-corrected chi connectivity index (χ0v) is 13.6. The molecule has 1 aromatic rings. The first kappa shape index (κ1) is 17.3. The molecule has 0 unspecified atom stereocenters. The van der Waals surface area contributed by atoms with E-state index < -0.39 is 0 Å². The van der Waals surface area contributed by atoms with Crippen molar-refractivity contribution in [3.8, 4) is 0 Å². The number of unbranched alkanes of at least 4 members (excludes halogenated alkanes) is 12. The molecule has 116 valence electrons. The Kier molecular flexibility index (Phi) is 11.5. The van der Waals surface area contributed by atoms with Gasteiger partial charge < -0.3 is 4.98 Å². The molecule has 0 saturated carbocycles. The van der Waals surface area contributed by atoms with Crippen LogP contribution in [0.3, 0.4) is 0 Å². The van der Waals surface area contributed by atoms with Gasteiger partial charge in [0.1, 0.15) is 0 Å². The van der Waals surface area contributed by atoms with Crippen LogP contribution in [0.4, 0.5) is 0 Å². The van der Waals surface area contributed by atoms with Gasteiger partial charge in [0.25, 0.3) is 0 Å². The van der Waals surface area contributed by atoms with Crippen molar-refractivity contribution in [2.75, 3.05) is 0 Å². The minimum Gasteiger partial charge on any atom is -0.367 e. The second-order valence-electron chi connectivity index (χ2n) is 6.21. The molecule has 0 radical (unpaired) electrons. The molecule has 0 spiro atoms. The lowest BCUT2D eigenvalue weighted by Crippen LogP contribution is -1.85. The molecule has 20 heavy (non-hydrogen) atoms. The highest BCUT2D eigenvalue weighted by Gasteiger charge is 1.95. The van der Waals surface area contributed by atoms with Gasteiger partial charge in [-0.25, -0.2) is 0 Å². The van der Waals surface area contributed by atoms with Crippen LogP contribution in [-0.4, -0.2) is 4.98 Å². The molecular formula is C19H35N. The maximum absolute atomic E-state index is 3.13. The van der Waals surface area contributed by atoms with Gasteiger partial charge in [-0.2, -0.15) is 0 Å². The molecule has 1 aromatic heterocycles. The maximum atomic E-state index is 3.13. The Morgan fingerprint density at radius 3 is 1.65 bits per heavy atom. The van der Waals surface area contributed by atoms with Crippen LogP contribution in [0.15, 0.2) is 18.5 Å². The molecule has 1 nitrogen and oxygen atoms in total. The highest BCUT2D eigenvalue weighted by atomic mass is 14.6. The Morgan fingerprint density at radius 2 is 1.20 bits per heavy atom. The van der Waals surface area contributed by atoms with Crippen molar-refractivity contribution in [3.63, 3.8) is 0 Å². The van der Waals surface area contributed by atoms with Crippen LogP contribution in [0.5, 0.6) is 0 Å². The normalized spacial score (nSPS) is 11.1. The van der Waals surface area contributed by atoms with Gasteiger partial charge in [0.05, 0.1) is 0 Å². The van der Waals surface area contributed by atoms with E-state index in [0.717, 1.165) is 0 Å². The first-order chi connectivity index (χ1) is 9.93. The van der Waals surface area contributed by atoms with Crippen molar-refractivity contribution < 1.29 is 0 Å². The molecule has 0 saturated heterocycles. The molecule has 0 amide bonds. The van der Waals surface area contributed by atoms with E-state index in [0.29, 0.717) is 0 Å². The van der Waals surface area contributed by atoms with E-state index in [1.165, 1.54) is 95.5 Å². The lowest BCUT2D eigenvalue weighted by atomic mass is 10.0. The summed E-state index contributed by atoms with van der Waals surface area (Å²) in [4.78, 5) is 3.13. The minimum absolute atomic E-state index is 1.25. The third-order valence-electron chi connectivity index (χ3n) is 4.23. The summed E-state index contributed by atoms with van der Waals surface area (Å²) in [6, 6.07) is 2.19. The van der Waals surface area contributed by atoms with Crippen LogP contribution in [0.2, 0.25) is 0 Å². The predicted molar refractivity (Wildman–Crippen MR) is 90.2 cm³/mol. The predicted octanol–water partition coefficient (Wildman–Crippen LogP) is 6.65. The fraction of sp³-hybridized carbons (Fsp3) is 0.789. The molecule has 0 atom stereocenters. The van der Waals surface area contributed by atoms with Crippen molar-refractivity contribution in [3.05, 3.63) is 24.0 Å². The second-order valence-corrected chi connectivity index (χ2v) is 6.21. The van der Waals surface area contributed by atoms with Crippen LogP contribution < -0.4 is 0 Å². The smallest absolute Gasteiger partial charge is 0.00373 e. The van der Waals surface area contributed by atoms with E-state index >= 15 is 0 Å². The van der Waals surface area contributed by atoms with Gasteiger partial charge in [-0.3, -0.25) is 0 Å². The third kappa shape index (κ3) is 10.1. The molecule has 0 aromatic carbocycles. The van der Waals surface area contributed by atoms with E-state index in [-0.39, 0.29) is 0 Å². The first-order valence-electron chi connectivity index (χ1n) is 9.05. The van der Waals surface area contributed by atoms with Gasteiger partial charge in [0.2, 0.25) is 0 Å². The van der Waals surface area contributed by atoms with Crippen molar-refractivity contribution in [2.24, 2.45) is 0 Å². The Hall–Kier alpha value is -0.720. The maximum Gasteiger partial charge on any atom is 0.00373 e. The summed E-state index contributed by atoms with van der Waals surface area (Å²) >= 11 is 0. The Morgan fingerprint density at radius 1 is 0.700 bits per heavy atom. The number of aromatic amines is 1. The number of aromatic nitrogens is 1. The van der Waals surface area contributed by atoms with Gasteiger partial charge in [0, 0.05) is 12.4 Å². The quantitative estimate of drug-likeness (QED) is 0.366. The summed E-state index contributed by atoms with van der Waals surface area (Å²) in [7, 11) is 0. The summed E-state index contributed by atoms with van der Waals surface area (Å²) in [6.07, 6.45) is 24.1. The Balaban J connectivity index is 1.70. The van der Waals surface area contributed by atoms with Crippen LogP contribution in [-0.2, 0) is 6.42 Å². The monoisotopic (exact) mass is 277 g/mol. The molecule has 1 heteroatoms. The summed E-state index contributed by atoms with van der Waals surface area (Å²) in [5.74, 6) is 0. The topological polar surface area (TPSA) is 15.8 Å². The second kappa shape index (κ2) is 13.3. The van der Waals surface area contributed by atoms with Crippen LogP contribution in [0.1, 0.15) is 96.0 Å². The van der Waals surface area contributed by atoms with Gasteiger partial charge >= 0.3 is 0 Å². The van der Waals surface area contributed by atoms with Crippen LogP contribution >= 0.6 is 0 Å². The summed E-state index contributed by atoms with van der Waals surface area (Å²) in [5, 5.41) is 0. The molecule has 0 aliphatic carbocycles. The summed E-state index contributed by atoms with van der Waals surface area (Å²) in [5.41, 5.74) is 1.47. The molecule has 1 rings (SSSR count). The molecular weight excluding hydrogens is 242 g/mol. The average molecular weight is 277 g/mol.